The third-order valence-corrected chi connectivity index (χ3v) is 3.36. The number of carbonyl (C=O) groups is 1. The molecular formula is C12H19N3O2. The highest BCUT2D eigenvalue weighted by Gasteiger charge is 2.16. The largest absolute Gasteiger partial charge is 0.475 e. The quantitative estimate of drug-likeness (QED) is 0.865. The van der Waals surface area contributed by atoms with E-state index in [1.54, 1.807) is 17.8 Å². The van der Waals surface area contributed by atoms with E-state index in [4.69, 9.17) is 5.11 Å². The Morgan fingerprint density at radius 2 is 2.00 bits per heavy atom. The van der Waals surface area contributed by atoms with Crippen molar-refractivity contribution in [3.63, 3.8) is 0 Å². The lowest BCUT2D eigenvalue weighted by Gasteiger charge is -2.19. The molecule has 5 heteroatoms. The van der Waals surface area contributed by atoms with Crippen LogP contribution in [-0.2, 0) is 13.6 Å². The molecule has 17 heavy (non-hydrogen) atoms. The van der Waals surface area contributed by atoms with Gasteiger partial charge in [0.05, 0.1) is 11.9 Å². The van der Waals surface area contributed by atoms with Gasteiger partial charge in [-0.1, -0.05) is 12.8 Å². The summed E-state index contributed by atoms with van der Waals surface area (Å²) in [7, 11) is 1.77. The Hall–Kier alpha value is -1.36. The fourth-order valence-electron chi connectivity index (χ4n) is 2.31. The molecule has 1 aromatic rings. The highest BCUT2D eigenvalue weighted by molar-refractivity contribution is 5.83. The lowest BCUT2D eigenvalue weighted by molar-refractivity contribution is 0.0679. The van der Waals surface area contributed by atoms with Gasteiger partial charge in [-0.15, -0.1) is 0 Å². The highest BCUT2D eigenvalue weighted by atomic mass is 16.4. The molecule has 0 atom stereocenters. The summed E-state index contributed by atoms with van der Waals surface area (Å²) in [5.74, 6) is -0.843. The molecule has 0 radical (unpaired) electrons. The maximum absolute atomic E-state index is 10.9. The van der Waals surface area contributed by atoms with Gasteiger partial charge in [-0.25, -0.2) is 9.78 Å². The molecule has 2 rings (SSSR count). The number of aromatic nitrogens is 2. The molecule has 0 saturated carbocycles. The number of hydrogen-bond acceptors (Lipinski definition) is 3. The molecule has 1 N–H and O–H groups in total. The van der Waals surface area contributed by atoms with Gasteiger partial charge in [-0.2, -0.15) is 0 Å². The van der Waals surface area contributed by atoms with Crippen LogP contribution in [0.1, 0.15) is 42.0 Å². The predicted molar refractivity (Wildman–Crippen MR) is 63.9 cm³/mol. The number of likely N-dealkylation sites (tertiary alicyclic amines) is 1. The first-order chi connectivity index (χ1) is 8.18. The molecule has 2 heterocycles. The standard InChI is InChI=1S/C12H19N3O2/c1-14-10(8-13-11(14)12(16)17)9-15-6-4-2-3-5-7-15/h8H,2-7,9H2,1H3,(H,16,17). The summed E-state index contributed by atoms with van der Waals surface area (Å²) < 4.78 is 1.67. The van der Waals surface area contributed by atoms with Gasteiger partial charge in [-0.3, -0.25) is 4.90 Å². The van der Waals surface area contributed by atoms with Gasteiger partial charge in [0.2, 0.25) is 5.82 Å². The molecular weight excluding hydrogens is 218 g/mol. The molecule has 1 saturated heterocycles. The lowest BCUT2D eigenvalue weighted by atomic mass is 10.2. The Labute approximate surface area is 101 Å². The van der Waals surface area contributed by atoms with Crippen LogP contribution in [0, 0.1) is 0 Å². The summed E-state index contributed by atoms with van der Waals surface area (Å²) in [4.78, 5) is 17.2. The molecule has 0 unspecified atom stereocenters. The number of carboxylic acid groups (broad SMARTS) is 1. The zero-order valence-electron chi connectivity index (χ0n) is 10.2. The van der Waals surface area contributed by atoms with E-state index in [1.807, 2.05) is 0 Å². The van der Waals surface area contributed by atoms with E-state index in [1.165, 1.54) is 25.7 Å². The van der Waals surface area contributed by atoms with E-state index >= 15 is 0 Å². The fourth-order valence-corrected chi connectivity index (χ4v) is 2.31. The molecule has 1 aliphatic rings. The molecule has 0 spiro atoms. The van der Waals surface area contributed by atoms with Gasteiger partial charge < -0.3 is 9.67 Å². The Morgan fingerprint density at radius 1 is 1.35 bits per heavy atom. The van der Waals surface area contributed by atoms with Gasteiger partial charge >= 0.3 is 5.97 Å². The van der Waals surface area contributed by atoms with Crippen molar-refractivity contribution in [2.24, 2.45) is 7.05 Å². The van der Waals surface area contributed by atoms with Crippen LogP contribution in [0.2, 0.25) is 0 Å². The fraction of sp³-hybridized carbons (Fsp3) is 0.667. The number of carboxylic acids is 1. The normalized spacial score (nSPS) is 17.9. The van der Waals surface area contributed by atoms with Crippen molar-refractivity contribution < 1.29 is 9.90 Å². The highest BCUT2D eigenvalue weighted by Crippen LogP contribution is 2.13. The second-order valence-corrected chi connectivity index (χ2v) is 4.63. The van der Waals surface area contributed by atoms with E-state index in [2.05, 4.69) is 9.88 Å². The molecule has 1 aromatic heterocycles. The number of hydrogen-bond donors (Lipinski definition) is 1. The van der Waals surface area contributed by atoms with Crippen molar-refractivity contribution in [2.75, 3.05) is 13.1 Å². The van der Waals surface area contributed by atoms with Gasteiger partial charge in [0.1, 0.15) is 0 Å². The molecule has 0 aromatic carbocycles. The number of aromatic carboxylic acids is 1. The lowest BCUT2D eigenvalue weighted by Crippen LogP contribution is -2.25. The molecule has 0 aliphatic carbocycles. The molecule has 1 aliphatic heterocycles. The Morgan fingerprint density at radius 3 is 2.53 bits per heavy atom. The van der Waals surface area contributed by atoms with Crippen molar-refractivity contribution in [2.45, 2.75) is 32.2 Å². The van der Waals surface area contributed by atoms with Crippen molar-refractivity contribution in [1.29, 1.82) is 0 Å². The number of rotatable bonds is 3. The predicted octanol–water partition coefficient (Wildman–Crippen LogP) is 1.49. The third kappa shape index (κ3) is 2.85. The number of imidazole rings is 1. The summed E-state index contributed by atoms with van der Waals surface area (Å²) in [5.41, 5.74) is 0.976. The first-order valence-electron chi connectivity index (χ1n) is 6.14. The van der Waals surface area contributed by atoms with Crippen LogP contribution >= 0.6 is 0 Å². The minimum absolute atomic E-state index is 0.120. The van der Waals surface area contributed by atoms with E-state index in [0.29, 0.717) is 0 Å². The van der Waals surface area contributed by atoms with Gasteiger partial charge in [-0.05, 0) is 25.9 Å². The van der Waals surface area contributed by atoms with E-state index < -0.39 is 5.97 Å². The minimum Gasteiger partial charge on any atom is -0.475 e. The molecule has 94 valence electrons. The van der Waals surface area contributed by atoms with Crippen molar-refractivity contribution in [3.05, 3.63) is 17.7 Å². The summed E-state index contributed by atoms with van der Waals surface area (Å²) in [6, 6.07) is 0. The van der Waals surface area contributed by atoms with Gasteiger partial charge in [0.25, 0.3) is 0 Å². The van der Waals surface area contributed by atoms with Gasteiger partial charge in [0.15, 0.2) is 0 Å². The smallest absolute Gasteiger partial charge is 0.372 e. The Bertz CT molecular complexity index is 392. The second-order valence-electron chi connectivity index (χ2n) is 4.63. The summed E-state index contributed by atoms with van der Waals surface area (Å²) in [6.45, 7) is 3.01. The molecule has 1 fully saturated rings. The summed E-state index contributed by atoms with van der Waals surface area (Å²) in [6.07, 6.45) is 6.77. The van der Waals surface area contributed by atoms with Crippen LogP contribution in [0.3, 0.4) is 0 Å². The van der Waals surface area contributed by atoms with Crippen molar-refractivity contribution in [3.8, 4) is 0 Å². The number of nitrogens with zero attached hydrogens (tertiary/aromatic N) is 3. The molecule has 5 nitrogen and oxygen atoms in total. The summed E-state index contributed by atoms with van der Waals surface area (Å²) >= 11 is 0. The second kappa shape index (κ2) is 5.31. The SMILES string of the molecule is Cn1c(CN2CCCCCC2)cnc1C(=O)O. The maximum Gasteiger partial charge on any atom is 0.372 e. The first-order valence-corrected chi connectivity index (χ1v) is 6.14. The van der Waals surface area contributed by atoms with Crippen LogP contribution in [0.4, 0.5) is 0 Å². The van der Waals surface area contributed by atoms with Crippen LogP contribution in [0.15, 0.2) is 6.20 Å². The van der Waals surface area contributed by atoms with Crippen LogP contribution in [0.5, 0.6) is 0 Å². The first kappa shape index (κ1) is 12.1. The summed E-state index contributed by atoms with van der Waals surface area (Å²) in [5, 5.41) is 8.93. The zero-order chi connectivity index (χ0) is 12.3. The van der Waals surface area contributed by atoms with E-state index in [-0.39, 0.29) is 5.82 Å². The Kier molecular flexibility index (Phi) is 3.78. The van der Waals surface area contributed by atoms with E-state index in [0.717, 1.165) is 25.3 Å². The third-order valence-electron chi connectivity index (χ3n) is 3.36. The zero-order valence-corrected chi connectivity index (χ0v) is 10.2. The van der Waals surface area contributed by atoms with Crippen molar-refractivity contribution in [1.82, 2.24) is 14.5 Å². The Balaban J connectivity index is 2.05. The van der Waals surface area contributed by atoms with Crippen LogP contribution in [0.25, 0.3) is 0 Å². The van der Waals surface area contributed by atoms with E-state index in [9.17, 15) is 4.79 Å². The monoisotopic (exact) mass is 237 g/mol. The van der Waals surface area contributed by atoms with Gasteiger partial charge in [0, 0.05) is 13.6 Å². The van der Waals surface area contributed by atoms with Crippen LogP contribution in [-0.4, -0.2) is 38.6 Å². The van der Waals surface area contributed by atoms with Crippen molar-refractivity contribution >= 4 is 5.97 Å². The van der Waals surface area contributed by atoms with Crippen LogP contribution < -0.4 is 0 Å². The average molecular weight is 237 g/mol. The average Bonchev–Trinajstić information content (AvgIpc) is 2.52. The topological polar surface area (TPSA) is 58.4 Å². The minimum atomic E-state index is -0.963. The molecule has 0 amide bonds. The maximum atomic E-state index is 10.9. The molecule has 0 bridgehead atoms.